The SMILES string of the molecule is O=C1N(c2ccccc2F)C(C2CC2=S)NN1C(Cl)(Cl)Cl. The third-order valence-corrected chi connectivity index (χ3v) is 4.33. The fourth-order valence-corrected chi connectivity index (χ4v) is 2.94. The summed E-state index contributed by atoms with van der Waals surface area (Å²) in [6.07, 6.45) is 0.108. The van der Waals surface area contributed by atoms with Crippen molar-refractivity contribution in [2.75, 3.05) is 4.90 Å². The van der Waals surface area contributed by atoms with Gasteiger partial charge in [0.05, 0.1) is 5.69 Å². The lowest BCUT2D eigenvalue weighted by molar-refractivity contribution is 0.197. The number of urea groups is 1. The molecule has 1 aliphatic carbocycles. The molecule has 1 aliphatic heterocycles. The van der Waals surface area contributed by atoms with Gasteiger partial charge in [0.15, 0.2) is 0 Å². The minimum atomic E-state index is -1.98. The van der Waals surface area contributed by atoms with Crippen molar-refractivity contribution in [2.24, 2.45) is 5.92 Å². The van der Waals surface area contributed by atoms with Crippen LogP contribution in [0.4, 0.5) is 14.9 Å². The average Bonchev–Trinajstić information content (AvgIpc) is 3.00. The van der Waals surface area contributed by atoms with E-state index in [1.807, 2.05) is 0 Å². The van der Waals surface area contributed by atoms with Gasteiger partial charge in [-0.3, -0.25) is 4.90 Å². The van der Waals surface area contributed by atoms with Crippen LogP contribution in [0, 0.1) is 11.7 Å². The highest BCUT2D eigenvalue weighted by molar-refractivity contribution is 7.81. The Morgan fingerprint density at radius 1 is 1.33 bits per heavy atom. The second kappa shape index (κ2) is 5.21. The Labute approximate surface area is 140 Å². The quantitative estimate of drug-likeness (QED) is 0.492. The molecular weight excluding hydrogens is 360 g/mol. The standard InChI is InChI=1S/C12H9Cl3FN3OS/c13-12(14,15)19-11(20)18(8-4-2-1-3-7(8)16)10(17-19)6-5-9(6)21/h1-4,6,10,17H,5H2. The average molecular weight is 369 g/mol. The van der Waals surface area contributed by atoms with Crippen molar-refractivity contribution < 1.29 is 9.18 Å². The smallest absolute Gasteiger partial charge is 0.272 e. The lowest BCUT2D eigenvalue weighted by Gasteiger charge is -2.23. The summed E-state index contributed by atoms with van der Waals surface area (Å²) in [5.74, 6) is -0.601. The molecule has 1 aromatic rings. The largest absolute Gasteiger partial charge is 0.344 e. The molecule has 1 saturated heterocycles. The fourth-order valence-electron chi connectivity index (χ4n) is 2.27. The lowest BCUT2D eigenvalue weighted by atomic mass is 10.2. The van der Waals surface area contributed by atoms with E-state index in [-0.39, 0.29) is 11.6 Å². The molecule has 0 aromatic heterocycles. The summed E-state index contributed by atoms with van der Waals surface area (Å²) >= 11 is 22.4. The van der Waals surface area contributed by atoms with E-state index in [0.717, 1.165) is 9.87 Å². The van der Waals surface area contributed by atoms with E-state index in [4.69, 9.17) is 47.0 Å². The molecule has 112 valence electrons. The van der Waals surface area contributed by atoms with Gasteiger partial charge < -0.3 is 0 Å². The van der Waals surface area contributed by atoms with Crippen molar-refractivity contribution in [3.63, 3.8) is 0 Å². The molecule has 1 aromatic carbocycles. The van der Waals surface area contributed by atoms with Gasteiger partial charge in [0.25, 0.3) is 3.92 Å². The minimum absolute atomic E-state index is 0.0686. The number of carbonyl (C=O) groups excluding carboxylic acids is 1. The van der Waals surface area contributed by atoms with Crippen molar-refractivity contribution in [2.45, 2.75) is 16.5 Å². The summed E-state index contributed by atoms with van der Waals surface area (Å²) in [7, 11) is 0. The highest BCUT2D eigenvalue weighted by atomic mass is 35.6. The summed E-state index contributed by atoms with van der Waals surface area (Å²) in [5, 5.41) is 0.857. The van der Waals surface area contributed by atoms with E-state index < -0.39 is 21.9 Å². The van der Waals surface area contributed by atoms with Crippen molar-refractivity contribution in [3.05, 3.63) is 30.1 Å². The Morgan fingerprint density at radius 3 is 2.48 bits per heavy atom. The second-order valence-corrected chi connectivity index (χ2v) is 7.50. The van der Waals surface area contributed by atoms with Crippen LogP contribution in [-0.2, 0) is 0 Å². The van der Waals surface area contributed by atoms with Crippen molar-refractivity contribution in [1.29, 1.82) is 0 Å². The number of nitrogens with one attached hydrogen (secondary N) is 1. The maximum absolute atomic E-state index is 14.0. The van der Waals surface area contributed by atoms with Gasteiger partial charge in [-0.05, 0) is 18.6 Å². The number of nitrogens with zero attached hydrogens (tertiary/aromatic N) is 2. The maximum atomic E-state index is 14.0. The van der Waals surface area contributed by atoms with E-state index in [1.165, 1.54) is 23.1 Å². The molecule has 21 heavy (non-hydrogen) atoms. The zero-order valence-corrected chi connectivity index (χ0v) is 13.5. The number of hydrogen-bond donors (Lipinski definition) is 1. The van der Waals surface area contributed by atoms with Crippen LogP contribution in [0.5, 0.6) is 0 Å². The number of alkyl halides is 3. The number of hydrogen-bond acceptors (Lipinski definition) is 3. The van der Waals surface area contributed by atoms with Crippen molar-refractivity contribution in [1.82, 2.24) is 10.4 Å². The Balaban J connectivity index is 2.01. The zero-order chi connectivity index (χ0) is 15.4. The van der Waals surface area contributed by atoms with Gasteiger partial charge in [-0.1, -0.05) is 59.2 Å². The van der Waals surface area contributed by atoms with Crippen molar-refractivity contribution >= 4 is 63.6 Å². The zero-order valence-electron chi connectivity index (χ0n) is 10.4. The van der Waals surface area contributed by atoms with Gasteiger partial charge in [0, 0.05) is 10.8 Å². The lowest BCUT2D eigenvalue weighted by Crippen LogP contribution is -2.45. The first kappa shape index (κ1) is 15.2. The van der Waals surface area contributed by atoms with Gasteiger partial charge in [-0.2, -0.15) is 0 Å². The molecule has 1 heterocycles. The predicted octanol–water partition coefficient (Wildman–Crippen LogP) is 3.62. The molecule has 3 rings (SSSR count). The fraction of sp³-hybridized carbons (Fsp3) is 0.333. The topological polar surface area (TPSA) is 35.6 Å². The molecule has 2 fully saturated rings. The van der Waals surface area contributed by atoms with Crippen LogP contribution in [0.1, 0.15) is 6.42 Å². The van der Waals surface area contributed by atoms with Crippen LogP contribution in [0.3, 0.4) is 0 Å². The number of para-hydroxylation sites is 1. The molecule has 1 saturated carbocycles. The van der Waals surface area contributed by atoms with Gasteiger partial charge >= 0.3 is 6.03 Å². The third kappa shape index (κ3) is 2.71. The number of benzene rings is 1. The monoisotopic (exact) mass is 367 g/mol. The summed E-state index contributed by atoms with van der Waals surface area (Å²) in [4.78, 5) is 14.5. The molecule has 1 N–H and O–H groups in total. The number of halogens is 4. The number of hydrazine groups is 1. The van der Waals surface area contributed by atoms with Crippen molar-refractivity contribution in [3.8, 4) is 0 Å². The molecule has 2 unspecified atom stereocenters. The Bertz CT molecular complexity index is 624. The van der Waals surface area contributed by atoms with Crippen LogP contribution in [0.2, 0.25) is 0 Å². The van der Waals surface area contributed by atoms with Crippen LogP contribution in [0.15, 0.2) is 24.3 Å². The van der Waals surface area contributed by atoms with E-state index in [9.17, 15) is 9.18 Å². The molecule has 2 aliphatic rings. The number of rotatable bonds is 2. The molecule has 0 spiro atoms. The van der Waals surface area contributed by atoms with Crippen LogP contribution < -0.4 is 10.3 Å². The summed E-state index contributed by atoms with van der Waals surface area (Å²) in [6, 6.07) is 5.29. The Morgan fingerprint density at radius 2 is 1.95 bits per heavy atom. The number of thiocarbonyl (C=S) groups is 1. The maximum Gasteiger partial charge on any atom is 0.344 e. The molecule has 2 amide bonds. The van der Waals surface area contributed by atoms with Crippen LogP contribution in [-0.4, -0.2) is 26.0 Å². The molecule has 0 bridgehead atoms. The molecule has 4 nitrogen and oxygen atoms in total. The van der Waals surface area contributed by atoms with E-state index in [0.29, 0.717) is 6.42 Å². The first-order chi connectivity index (χ1) is 9.80. The molecule has 0 radical (unpaired) electrons. The van der Waals surface area contributed by atoms with Gasteiger partial charge in [0.1, 0.15) is 12.0 Å². The highest BCUT2D eigenvalue weighted by Crippen LogP contribution is 2.41. The van der Waals surface area contributed by atoms with E-state index in [1.54, 1.807) is 6.07 Å². The highest BCUT2D eigenvalue weighted by Gasteiger charge is 2.53. The normalized spacial score (nSPS) is 25.7. The molecule has 2 atom stereocenters. The summed E-state index contributed by atoms with van der Waals surface area (Å²) < 4.78 is 12.0. The van der Waals surface area contributed by atoms with Gasteiger partial charge in [-0.25, -0.2) is 19.6 Å². The van der Waals surface area contributed by atoms with E-state index in [2.05, 4.69) is 5.43 Å². The summed E-state index contributed by atoms with van der Waals surface area (Å²) in [5.41, 5.74) is 2.93. The number of carbonyl (C=O) groups is 1. The summed E-state index contributed by atoms with van der Waals surface area (Å²) in [6.45, 7) is 0. The first-order valence-electron chi connectivity index (χ1n) is 6.04. The van der Waals surface area contributed by atoms with Crippen LogP contribution >= 0.6 is 47.0 Å². The predicted molar refractivity (Wildman–Crippen MR) is 84.0 cm³/mol. The number of amides is 2. The van der Waals surface area contributed by atoms with E-state index >= 15 is 0 Å². The second-order valence-electron chi connectivity index (χ2n) is 4.76. The minimum Gasteiger partial charge on any atom is -0.272 e. The first-order valence-corrected chi connectivity index (χ1v) is 7.58. The van der Waals surface area contributed by atoms with Gasteiger partial charge in [0.2, 0.25) is 0 Å². The molecular formula is C12H9Cl3FN3OS. The number of anilines is 1. The molecule has 9 heteroatoms. The third-order valence-electron chi connectivity index (χ3n) is 3.36. The van der Waals surface area contributed by atoms with Crippen LogP contribution in [0.25, 0.3) is 0 Å². The Hall–Kier alpha value is -0.660. The van der Waals surface area contributed by atoms with Gasteiger partial charge in [-0.15, -0.1) is 0 Å². The Kier molecular flexibility index (Phi) is 3.78.